The molecular weight excluding hydrogens is 456 g/mol. The minimum absolute atomic E-state index is 0.0908. The molecule has 0 bridgehead atoms. The summed E-state index contributed by atoms with van der Waals surface area (Å²) in [6, 6.07) is 13.3. The summed E-state index contributed by atoms with van der Waals surface area (Å²) in [4.78, 5) is 15.2. The highest BCUT2D eigenvalue weighted by Gasteiger charge is 2.26. The summed E-state index contributed by atoms with van der Waals surface area (Å²) in [6.07, 6.45) is 0. The normalized spacial score (nSPS) is 14.8. The van der Waals surface area contributed by atoms with Crippen molar-refractivity contribution in [2.24, 2.45) is 0 Å². The second kappa shape index (κ2) is 9.96. The van der Waals surface area contributed by atoms with Crippen molar-refractivity contribution in [1.29, 1.82) is 5.41 Å². The molecule has 0 spiro atoms. The van der Waals surface area contributed by atoms with Gasteiger partial charge in [-0.05, 0) is 56.3 Å². The van der Waals surface area contributed by atoms with Gasteiger partial charge in [-0.1, -0.05) is 0 Å². The van der Waals surface area contributed by atoms with Gasteiger partial charge < -0.3 is 19.4 Å². The van der Waals surface area contributed by atoms with Gasteiger partial charge in [-0.15, -0.1) is 0 Å². The number of hydrogen-bond donors (Lipinski definition) is 2. The van der Waals surface area contributed by atoms with Gasteiger partial charge >= 0.3 is 0 Å². The SMILES string of the molecule is CCN(CC)c1ccc2cc(C(=O)Nc3ccc(S(=O)(=O)N4CCOCC4)cc3)c(=N)oc2c1. The lowest BCUT2D eigenvalue weighted by molar-refractivity contribution is 0.0730. The molecule has 1 aliphatic rings. The molecular formula is C24H28N4O5S. The largest absolute Gasteiger partial charge is 0.438 e. The van der Waals surface area contributed by atoms with Crippen molar-refractivity contribution in [2.45, 2.75) is 18.7 Å². The van der Waals surface area contributed by atoms with E-state index in [-0.39, 0.29) is 16.0 Å². The smallest absolute Gasteiger partial charge is 0.261 e. The van der Waals surface area contributed by atoms with Crippen molar-refractivity contribution >= 4 is 38.3 Å². The number of carbonyl (C=O) groups excluding carboxylic acids is 1. The second-order valence-electron chi connectivity index (χ2n) is 7.88. The Morgan fingerprint density at radius 3 is 2.38 bits per heavy atom. The number of sulfonamides is 1. The number of fused-ring (bicyclic) bond motifs is 1. The highest BCUT2D eigenvalue weighted by Crippen LogP contribution is 2.23. The Morgan fingerprint density at radius 2 is 1.74 bits per heavy atom. The van der Waals surface area contributed by atoms with Crippen LogP contribution in [0.4, 0.5) is 11.4 Å². The third-order valence-electron chi connectivity index (χ3n) is 5.85. The van der Waals surface area contributed by atoms with Gasteiger partial charge in [0.2, 0.25) is 15.6 Å². The monoisotopic (exact) mass is 484 g/mol. The molecule has 1 aliphatic heterocycles. The number of nitrogens with zero attached hydrogens (tertiary/aromatic N) is 2. The molecule has 180 valence electrons. The predicted octanol–water partition coefficient (Wildman–Crippen LogP) is 3.03. The molecule has 34 heavy (non-hydrogen) atoms. The van der Waals surface area contributed by atoms with E-state index in [1.807, 2.05) is 18.2 Å². The van der Waals surface area contributed by atoms with E-state index in [4.69, 9.17) is 14.6 Å². The topological polar surface area (TPSA) is 116 Å². The van der Waals surface area contributed by atoms with Crippen LogP contribution >= 0.6 is 0 Å². The minimum atomic E-state index is -3.61. The number of benzene rings is 2. The molecule has 1 aromatic heterocycles. The van der Waals surface area contributed by atoms with Crippen LogP contribution in [-0.2, 0) is 14.8 Å². The van der Waals surface area contributed by atoms with Crippen LogP contribution in [0.15, 0.2) is 57.8 Å². The average Bonchev–Trinajstić information content (AvgIpc) is 2.85. The van der Waals surface area contributed by atoms with E-state index < -0.39 is 15.9 Å². The third-order valence-corrected chi connectivity index (χ3v) is 7.76. The van der Waals surface area contributed by atoms with Crippen molar-refractivity contribution in [2.75, 3.05) is 49.6 Å². The van der Waals surface area contributed by atoms with Gasteiger partial charge in [0, 0.05) is 49.0 Å². The summed E-state index contributed by atoms with van der Waals surface area (Å²) in [5.74, 6) is -0.507. The number of rotatable bonds is 7. The van der Waals surface area contributed by atoms with Crippen molar-refractivity contribution in [3.63, 3.8) is 0 Å². The second-order valence-corrected chi connectivity index (χ2v) is 9.82. The quantitative estimate of drug-likeness (QED) is 0.533. The number of nitrogens with one attached hydrogen (secondary N) is 2. The standard InChI is InChI=1S/C24H28N4O5S/c1-3-27(4-2)19-8-5-17-15-21(23(25)33-22(17)16-19)24(29)26-18-6-9-20(10-7-18)34(30,31)28-11-13-32-14-12-28/h5-10,15-16,25H,3-4,11-14H2,1-2H3,(H,26,29). The van der Waals surface area contributed by atoms with Gasteiger partial charge in [0.05, 0.1) is 18.1 Å². The Kier molecular flexibility index (Phi) is 7.01. The van der Waals surface area contributed by atoms with Gasteiger partial charge in [-0.3, -0.25) is 10.2 Å². The first kappa shape index (κ1) is 23.9. The molecule has 0 atom stereocenters. The molecule has 2 heterocycles. The van der Waals surface area contributed by atoms with Gasteiger partial charge in [0.15, 0.2) is 0 Å². The fourth-order valence-electron chi connectivity index (χ4n) is 3.92. The Morgan fingerprint density at radius 1 is 1.06 bits per heavy atom. The molecule has 0 radical (unpaired) electrons. The summed E-state index contributed by atoms with van der Waals surface area (Å²) in [6.45, 7) is 7.21. The van der Waals surface area contributed by atoms with E-state index in [9.17, 15) is 13.2 Å². The zero-order valence-corrected chi connectivity index (χ0v) is 20.0. The number of anilines is 2. The van der Waals surface area contributed by atoms with E-state index in [1.165, 1.54) is 28.6 Å². The third kappa shape index (κ3) is 4.84. The van der Waals surface area contributed by atoms with Gasteiger partial charge in [-0.2, -0.15) is 4.31 Å². The van der Waals surface area contributed by atoms with Crippen molar-refractivity contribution in [3.05, 3.63) is 59.6 Å². The number of carbonyl (C=O) groups is 1. The van der Waals surface area contributed by atoms with Gasteiger partial charge in [0.25, 0.3) is 5.91 Å². The van der Waals surface area contributed by atoms with Crippen molar-refractivity contribution in [3.8, 4) is 0 Å². The molecule has 10 heteroatoms. The number of morpholine rings is 1. The summed E-state index contributed by atoms with van der Waals surface area (Å²) in [7, 11) is -3.61. The van der Waals surface area contributed by atoms with Crippen LogP contribution in [0.2, 0.25) is 0 Å². The molecule has 9 nitrogen and oxygen atoms in total. The summed E-state index contributed by atoms with van der Waals surface area (Å²) >= 11 is 0. The van der Waals surface area contributed by atoms with Crippen LogP contribution in [0.3, 0.4) is 0 Å². The molecule has 1 fully saturated rings. The van der Waals surface area contributed by atoms with Crippen LogP contribution in [0.5, 0.6) is 0 Å². The first-order chi connectivity index (χ1) is 16.3. The van der Waals surface area contributed by atoms with E-state index in [0.717, 1.165) is 18.8 Å². The van der Waals surface area contributed by atoms with Crippen LogP contribution < -0.4 is 15.8 Å². The molecule has 0 aliphatic carbocycles. The maximum atomic E-state index is 12.8. The van der Waals surface area contributed by atoms with Crippen molar-refractivity contribution in [1.82, 2.24) is 4.31 Å². The van der Waals surface area contributed by atoms with Crippen LogP contribution in [0.1, 0.15) is 24.2 Å². The van der Waals surface area contributed by atoms with E-state index in [2.05, 4.69) is 24.1 Å². The molecule has 1 saturated heterocycles. The van der Waals surface area contributed by atoms with E-state index in [0.29, 0.717) is 43.0 Å². The zero-order chi connectivity index (χ0) is 24.3. The van der Waals surface area contributed by atoms with Gasteiger partial charge in [0.1, 0.15) is 11.1 Å². The zero-order valence-electron chi connectivity index (χ0n) is 19.2. The Balaban J connectivity index is 1.53. The van der Waals surface area contributed by atoms with Gasteiger partial charge in [-0.25, -0.2) is 8.42 Å². The fourth-order valence-corrected chi connectivity index (χ4v) is 5.32. The molecule has 2 N–H and O–H groups in total. The maximum absolute atomic E-state index is 12.8. The lowest BCUT2D eigenvalue weighted by atomic mass is 10.1. The Bertz CT molecular complexity index is 1340. The number of ether oxygens (including phenoxy) is 1. The van der Waals surface area contributed by atoms with E-state index >= 15 is 0 Å². The fraction of sp³-hybridized carbons (Fsp3) is 0.333. The summed E-state index contributed by atoms with van der Waals surface area (Å²) in [5, 5.41) is 11.6. The highest BCUT2D eigenvalue weighted by atomic mass is 32.2. The van der Waals surface area contributed by atoms with Crippen LogP contribution in [-0.4, -0.2) is 58.0 Å². The molecule has 2 aromatic carbocycles. The molecule has 3 aromatic rings. The predicted molar refractivity (Wildman–Crippen MR) is 130 cm³/mol. The molecule has 1 amide bonds. The highest BCUT2D eigenvalue weighted by molar-refractivity contribution is 7.89. The average molecular weight is 485 g/mol. The molecule has 4 rings (SSSR count). The summed E-state index contributed by atoms with van der Waals surface area (Å²) < 4.78 is 37.8. The van der Waals surface area contributed by atoms with E-state index in [1.54, 1.807) is 6.07 Å². The molecule has 0 saturated carbocycles. The Hall–Kier alpha value is -3.21. The Labute approximate surface area is 198 Å². The summed E-state index contributed by atoms with van der Waals surface area (Å²) in [5.41, 5.74) is 1.79. The maximum Gasteiger partial charge on any atom is 0.261 e. The number of amides is 1. The van der Waals surface area contributed by atoms with Crippen molar-refractivity contribution < 1.29 is 22.4 Å². The first-order valence-corrected chi connectivity index (χ1v) is 12.6. The lowest BCUT2D eigenvalue weighted by Gasteiger charge is -2.26. The minimum Gasteiger partial charge on any atom is -0.438 e. The van der Waals surface area contributed by atoms with Crippen LogP contribution in [0.25, 0.3) is 11.0 Å². The molecule has 0 unspecified atom stereocenters. The lowest BCUT2D eigenvalue weighted by Crippen LogP contribution is -2.40. The van der Waals surface area contributed by atoms with Crippen LogP contribution in [0, 0.1) is 5.41 Å². The number of hydrogen-bond acceptors (Lipinski definition) is 7. The first-order valence-electron chi connectivity index (χ1n) is 11.2.